The number of alkyl halides is 1. The molecule has 2 unspecified atom stereocenters. The van der Waals surface area contributed by atoms with Crippen LogP contribution in [-0.4, -0.2) is 44.3 Å². The van der Waals surface area contributed by atoms with Gasteiger partial charge in [-0.1, -0.05) is 30.3 Å². The van der Waals surface area contributed by atoms with Gasteiger partial charge >= 0.3 is 5.97 Å². The molecule has 0 radical (unpaired) electrons. The van der Waals surface area contributed by atoms with Crippen molar-refractivity contribution in [2.75, 3.05) is 33.4 Å². The second kappa shape index (κ2) is 9.78. The maximum absolute atomic E-state index is 14.7. The average molecular weight is 407 g/mol. The van der Waals surface area contributed by atoms with Gasteiger partial charge in [0.05, 0.1) is 13.0 Å². The molecular weight excluding hydrogens is 383 g/mol. The molecular formula is C22H24F3NO3. The van der Waals surface area contributed by atoms with E-state index in [0.717, 1.165) is 17.7 Å². The fourth-order valence-corrected chi connectivity index (χ4v) is 3.79. The Morgan fingerprint density at radius 1 is 1.17 bits per heavy atom. The van der Waals surface area contributed by atoms with Crippen LogP contribution >= 0.6 is 0 Å². The maximum Gasteiger partial charge on any atom is 0.309 e. The Kier molecular flexibility index (Phi) is 7.14. The molecule has 0 aromatic heterocycles. The van der Waals surface area contributed by atoms with Gasteiger partial charge in [0.25, 0.3) is 0 Å². The van der Waals surface area contributed by atoms with Gasteiger partial charge in [-0.25, -0.2) is 13.2 Å². The summed E-state index contributed by atoms with van der Waals surface area (Å²) in [6.45, 7) is 0.315. The standard InChI is InChI=1S/C22H24F3NO3/c1-28-16-11-19(24)21(20(25)12-16)18-13-26(10-8-23)9-7-17(18)22(27)29-14-15-5-3-2-4-6-15/h2-6,11-12,17-18H,7-10,13-14H2,1H3. The van der Waals surface area contributed by atoms with Crippen molar-refractivity contribution in [3.05, 3.63) is 65.2 Å². The minimum Gasteiger partial charge on any atom is -0.497 e. The monoisotopic (exact) mass is 407 g/mol. The molecule has 0 bridgehead atoms. The van der Waals surface area contributed by atoms with Crippen molar-refractivity contribution < 1.29 is 27.4 Å². The van der Waals surface area contributed by atoms with Crippen molar-refractivity contribution in [3.8, 4) is 5.75 Å². The van der Waals surface area contributed by atoms with E-state index < -0.39 is 36.1 Å². The number of carbonyl (C=O) groups is 1. The molecule has 1 aliphatic heterocycles. The van der Waals surface area contributed by atoms with Crippen molar-refractivity contribution >= 4 is 5.97 Å². The molecule has 0 aliphatic carbocycles. The van der Waals surface area contributed by atoms with Crippen LogP contribution in [0, 0.1) is 17.6 Å². The highest BCUT2D eigenvalue weighted by molar-refractivity contribution is 5.74. The van der Waals surface area contributed by atoms with E-state index in [1.807, 2.05) is 30.3 Å². The number of hydrogen-bond donors (Lipinski definition) is 0. The van der Waals surface area contributed by atoms with Crippen LogP contribution in [-0.2, 0) is 16.1 Å². The van der Waals surface area contributed by atoms with Gasteiger partial charge in [-0.05, 0) is 18.5 Å². The lowest BCUT2D eigenvalue weighted by Crippen LogP contribution is -2.43. The maximum atomic E-state index is 14.7. The number of benzene rings is 2. The predicted octanol–water partition coefficient (Wildman–Crippen LogP) is 4.09. The van der Waals surface area contributed by atoms with E-state index in [0.29, 0.717) is 13.0 Å². The van der Waals surface area contributed by atoms with E-state index in [4.69, 9.17) is 9.47 Å². The van der Waals surface area contributed by atoms with Gasteiger partial charge < -0.3 is 14.4 Å². The third-order valence-electron chi connectivity index (χ3n) is 5.28. The second-order valence-electron chi connectivity index (χ2n) is 7.09. The van der Waals surface area contributed by atoms with E-state index in [2.05, 4.69) is 0 Å². The summed E-state index contributed by atoms with van der Waals surface area (Å²) in [4.78, 5) is 14.6. The molecule has 2 aromatic rings. The third kappa shape index (κ3) is 5.09. The topological polar surface area (TPSA) is 38.8 Å². The predicted molar refractivity (Wildman–Crippen MR) is 102 cm³/mol. The van der Waals surface area contributed by atoms with E-state index in [1.165, 1.54) is 7.11 Å². The number of carbonyl (C=O) groups excluding carboxylic acids is 1. The number of esters is 1. The number of methoxy groups -OCH3 is 1. The summed E-state index contributed by atoms with van der Waals surface area (Å²) in [7, 11) is 1.32. The van der Waals surface area contributed by atoms with E-state index >= 15 is 0 Å². The molecule has 1 saturated heterocycles. The van der Waals surface area contributed by atoms with E-state index in [1.54, 1.807) is 4.90 Å². The molecule has 0 amide bonds. The lowest BCUT2D eigenvalue weighted by Gasteiger charge is -2.37. The Morgan fingerprint density at radius 2 is 1.86 bits per heavy atom. The highest BCUT2D eigenvalue weighted by Crippen LogP contribution is 2.37. The average Bonchev–Trinajstić information content (AvgIpc) is 2.72. The minimum absolute atomic E-state index is 0.0587. The van der Waals surface area contributed by atoms with Crippen molar-refractivity contribution in [3.63, 3.8) is 0 Å². The number of likely N-dealkylation sites (tertiary alicyclic amines) is 1. The zero-order chi connectivity index (χ0) is 20.8. The number of nitrogens with zero attached hydrogens (tertiary/aromatic N) is 1. The molecule has 1 fully saturated rings. The lowest BCUT2D eigenvalue weighted by molar-refractivity contribution is -0.152. The molecule has 1 aliphatic rings. The first-order valence-corrected chi connectivity index (χ1v) is 9.55. The van der Waals surface area contributed by atoms with Gasteiger partial charge in [0, 0.05) is 36.7 Å². The number of rotatable bonds is 7. The molecule has 0 N–H and O–H groups in total. The molecule has 3 rings (SSSR count). The highest BCUT2D eigenvalue weighted by atomic mass is 19.1. The largest absolute Gasteiger partial charge is 0.497 e. The lowest BCUT2D eigenvalue weighted by atomic mass is 9.80. The van der Waals surface area contributed by atoms with Crippen LogP contribution < -0.4 is 4.74 Å². The van der Waals surface area contributed by atoms with Gasteiger partial charge in [0.1, 0.15) is 30.7 Å². The number of ether oxygens (including phenoxy) is 2. The summed E-state index contributed by atoms with van der Waals surface area (Å²) in [5.41, 5.74) is 0.644. The smallest absolute Gasteiger partial charge is 0.309 e. The van der Waals surface area contributed by atoms with E-state index in [-0.39, 0.29) is 31.0 Å². The SMILES string of the molecule is COc1cc(F)c(C2CN(CCF)CCC2C(=O)OCc2ccccc2)c(F)c1. The molecule has 2 atom stereocenters. The van der Waals surface area contributed by atoms with Crippen molar-refractivity contribution in [2.24, 2.45) is 5.92 Å². The van der Waals surface area contributed by atoms with Crippen LogP contribution in [0.4, 0.5) is 13.2 Å². The zero-order valence-electron chi connectivity index (χ0n) is 16.2. The van der Waals surface area contributed by atoms with Gasteiger partial charge in [-0.2, -0.15) is 0 Å². The minimum atomic E-state index is -0.783. The first-order chi connectivity index (χ1) is 14.0. The van der Waals surface area contributed by atoms with Gasteiger partial charge in [0.15, 0.2) is 0 Å². The number of halogens is 3. The molecule has 7 heteroatoms. The van der Waals surface area contributed by atoms with Crippen LogP contribution in [0.3, 0.4) is 0 Å². The van der Waals surface area contributed by atoms with Crippen molar-refractivity contribution in [1.29, 1.82) is 0 Å². The van der Waals surface area contributed by atoms with Crippen LogP contribution in [0.2, 0.25) is 0 Å². The van der Waals surface area contributed by atoms with Crippen LogP contribution in [0.25, 0.3) is 0 Å². The van der Waals surface area contributed by atoms with Gasteiger partial charge in [0.2, 0.25) is 0 Å². The third-order valence-corrected chi connectivity index (χ3v) is 5.28. The Hall–Kier alpha value is -2.54. The second-order valence-corrected chi connectivity index (χ2v) is 7.09. The van der Waals surface area contributed by atoms with Crippen LogP contribution in [0.15, 0.2) is 42.5 Å². The number of piperidine rings is 1. The fraction of sp³-hybridized carbons (Fsp3) is 0.409. The molecule has 29 heavy (non-hydrogen) atoms. The molecule has 0 saturated carbocycles. The number of hydrogen-bond acceptors (Lipinski definition) is 4. The summed E-state index contributed by atoms with van der Waals surface area (Å²) >= 11 is 0. The van der Waals surface area contributed by atoms with Gasteiger partial charge in [-0.15, -0.1) is 0 Å². The van der Waals surface area contributed by atoms with Crippen molar-refractivity contribution in [1.82, 2.24) is 4.90 Å². The van der Waals surface area contributed by atoms with Crippen molar-refractivity contribution in [2.45, 2.75) is 18.9 Å². The summed E-state index contributed by atoms with van der Waals surface area (Å²) < 4.78 is 52.6. The first-order valence-electron chi connectivity index (χ1n) is 9.55. The summed E-state index contributed by atoms with van der Waals surface area (Å²) in [6, 6.07) is 11.4. The highest BCUT2D eigenvalue weighted by Gasteiger charge is 2.39. The zero-order valence-corrected chi connectivity index (χ0v) is 16.2. The summed E-state index contributed by atoms with van der Waals surface area (Å²) in [5, 5.41) is 0. The molecule has 156 valence electrons. The molecule has 2 aromatic carbocycles. The Bertz CT molecular complexity index is 808. The Morgan fingerprint density at radius 3 is 2.48 bits per heavy atom. The van der Waals surface area contributed by atoms with Crippen LogP contribution in [0.1, 0.15) is 23.5 Å². The first kappa shape index (κ1) is 21.2. The molecule has 1 heterocycles. The quantitative estimate of drug-likeness (QED) is 0.648. The normalized spacial score (nSPS) is 19.7. The summed E-state index contributed by atoms with van der Waals surface area (Å²) in [6.07, 6.45) is 0.337. The molecule has 0 spiro atoms. The van der Waals surface area contributed by atoms with Gasteiger partial charge in [-0.3, -0.25) is 4.79 Å². The van der Waals surface area contributed by atoms with Crippen LogP contribution in [0.5, 0.6) is 5.75 Å². The Labute approximate surface area is 168 Å². The summed E-state index contributed by atoms with van der Waals surface area (Å²) in [5.74, 6) is -3.50. The molecule has 4 nitrogen and oxygen atoms in total. The Balaban J connectivity index is 1.83. The fourth-order valence-electron chi connectivity index (χ4n) is 3.79. The van der Waals surface area contributed by atoms with E-state index in [9.17, 15) is 18.0 Å².